The number of rotatable bonds is 4. The maximum atomic E-state index is 10.6. The van der Waals surface area contributed by atoms with Crippen molar-refractivity contribution in [3.63, 3.8) is 0 Å². The molecule has 104 valence electrons. The van der Waals surface area contributed by atoms with Crippen molar-refractivity contribution in [3.05, 3.63) is 66.6 Å². The number of hydrogen-bond donors (Lipinski definition) is 0. The number of nitro groups is 1. The highest BCUT2D eigenvalue weighted by Gasteiger charge is 2.11. The van der Waals surface area contributed by atoms with Gasteiger partial charge in [-0.05, 0) is 18.2 Å². The Balaban J connectivity index is 2.13. The fraction of sp³-hybridized carbons (Fsp3) is 0.0769. The third-order valence-corrected chi connectivity index (χ3v) is 3.67. The van der Waals surface area contributed by atoms with Gasteiger partial charge in [0.1, 0.15) is 12.4 Å². The van der Waals surface area contributed by atoms with Crippen LogP contribution in [0.5, 0.6) is 5.75 Å². The molecule has 0 saturated carbocycles. The Labute approximate surface area is 133 Å². The zero-order valence-corrected chi connectivity index (χ0v) is 13.1. The molecule has 7 heteroatoms. The van der Waals surface area contributed by atoms with Crippen LogP contribution in [0.2, 0.25) is 10.0 Å². The van der Waals surface area contributed by atoms with Crippen molar-refractivity contribution in [2.24, 2.45) is 0 Å². The summed E-state index contributed by atoms with van der Waals surface area (Å²) in [5, 5.41) is 11.4. The van der Waals surface area contributed by atoms with Crippen LogP contribution in [0, 0.1) is 10.1 Å². The molecule has 0 spiro atoms. The predicted octanol–water partition coefficient (Wildman–Crippen LogP) is 5.24. The molecular formula is C13H8BrCl2NO3. The topological polar surface area (TPSA) is 52.4 Å². The number of nitrogens with zero attached hydrogens (tertiary/aromatic N) is 1. The summed E-state index contributed by atoms with van der Waals surface area (Å²) in [6.07, 6.45) is 0. The lowest BCUT2D eigenvalue weighted by atomic mass is 10.2. The number of non-ortho nitro benzene ring substituents is 1. The van der Waals surface area contributed by atoms with Crippen molar-refractivity contribution in [1.29, 1.82) is 0 Å². The quantitative estimate of drug-likeness (QED) is 0.541. The van der Waals surface area contributed by atoms with Crippen LogP contribution in [0.3, 0.4) is 0 Å². The van der Waals surface area contributed by atoms with Gasteiger partial charge in [0.15, 0.2) is 0 Å². The Kier molecular flexibility index (Phi) is 4.86. The molecule has 4 nitrogen and oxygen atoms in total. The smallest absolute Gasteiger partial charge is 0.271 e. The lowest BCUT2D eigenvalue weighted by Gasteiger charge is -2.09. The van der Waals surface area contributed by atoms with Gasteiger partial charge in [-0.25, -0.2) is 0 Å². The lowest BCUT2D eigenvalue weighted by Crippen LogP contribution is -1.97. The fourth-order valence-corrected chi connectivity index (χ4v) is 2.47. The van der Waals surface area contributed by atoms with E-state index in [-0.39, 0.29) is 17.3 Å². The van der Waals surface area contributed by atoms with Crippen LogP contribution in [0.1, 0.15) is 5.56 Å². The minimum atomic E-state index is -0.513. The van der Waals surface area contributed by atoms with Crippen LogP contribution >= 0.6 is 39.1 Å². The molecule has 0 saturated heterocycles. The molecule has 0 unspecified atom stereocenters. The fourth-order valence-electron chi connectivity index (χ4n) is 1.51. The van der Waals surface area contributed by atoms with Gasteiger partial charge < -0.3 is 4.74 Å². The molecule has 0 atom stereocenters. The van der Waals surface area contributed by atoms with Gasteiger partial charge in [-0.15, -0.1) is 0 Å². The maximum Gasteiger partial charge on any atom is 0.271 e. The van der Waals surface area contributed by atoms with Crippen LogP contribution in [0.15, 0.2) is 40.9 Å². The Morgan fingerprint density at radius 1 is 1.15 bits per heavy atom. The van der Waals surface area contributed by atoms with Crippen molar-refractivity contribution in [3.8, 4) is 5.75 Å². The highest BCUT2D eigenvalue weighted by molar-refractivity contribution is 9.10. The third-order valence-electron chi connectivity index (χ3n) is 2.52. The van der Waals surface area contributed by atoms with E-state index in [9.17, 15) is 10.1 Å². The van der Waals surface area contributed by atoms with Crippen molar-refractivity contribution < 1.29 is 9.66 Å². The molecule has 0 aliphatic heterocycles. The van der Waals surface area contributed by atoms with Gasteiger partial charge in [-0.1, -0.05) is 45.2 Å². The Hall–Kier alpha value is -1.30. The van der Waals surface area contributed by atoms with Crippen LogP contribution in [0.25, 0.3) is 0 Å². The largest absolute Gasteiger partial charge is 0.487 e. The van der Waals surface area contributed by atoms with Crippen LogP contribution in [0.4, 0.5) is 5.69 Å². The number of nitro benzene ring substituents is 1. The molecule has 0 amide bonds. The monoisotopic (exact) mass is 375 g/mol. The molecule has 0 aliphatic carbocycles. The number of halogens is 3. The molecule has 2 aromatic carbocycles. The number of hydrogen-bond acceptors (Lipinski definition) is 3. The van der Waals surface area contributed by atoms with E-state index in [1.165, 1.54) is 18.2 Å². The van der Waals surface area contributed by atoms with E-state index >= 15 is 0 Å². The zero-order valence-electron chi connectivity index (χ0n) is 9.98. The molecule has 0 fully saturated rings. The van der Waals surface area contributed by atoms with Gasteiger partial charge in [0, 0.05) is 27.2 Å². The first kappa shape index (κ1) is 15.1. The van der Waals surface area contributed by atoms with Gasteiger partial charge in [-0.2, -0.15) is 0 Å². The molecule has 0 bridgehead atoms. The normalized spacial score (nSPS) is 10.3. The minimum absolute atomic E-state index is 0.0796. The summed E-state index contributed by atoms with van der Waals surface area (Å²) in [6, 6.07) is 9.49. The van der Waals surface area contributed by atoms with Gasteiger partial charge in [0.05, 0.1) is 9.95 Å². The van der Waals surface area contributed by atoms with E-state index in [0.717, 1.165) is 10.0 Å². The van der Waals surface area contributed by atoms with Crippen molar-refractivity contribution in [2.75, 3.05) is 0 Å². The van der Waals surface area contributed by atoms with Crippen LogP contribution in [-0.4, -0.2) is 4.92 Å². The van der Waals surface area contributed by atoms with Crippen LogP contribution < -0.4 is 4.74 Å². The summed E-state index contributed by atoms with van der Waals surface area (Å²) in [5.74, 6) is 0.372. The van der Waals surface area contributed by atoms with E-state index in [2.05, 4.69) is 15.9 Å². The number of benzene rings is 2. The van der Waals surface area contributed by atoms with Crippen molar-refractivity contribution in [1.82, 2.24) is 0 Å². The van der Waals surface area contributed by atoms with Gasteiger partial charge in [0.25, 0.3) is 5.69 Å². The van der Waals surface area contributed by atoms with Gasteiger partial charge >= 0.3 is 0 Å². The van der Waals surface area contributed by atoms with Crippen LogP contribution in [-0.2, 0) is 6.61 Å². The van der Waals surface area contributed by atoms with E-state index in [1.807, 2.05) is 12.1 Å². The average molecular weight is 377 g/mol. The zero-order chi connectivity index (χ0) is 14.7. The Bertz CT molecular complexity index is 664. The molecule has 0 heterocycles. The molecular weight excluding hydrogens is 369 g/mol. The first-order chi connectivity index (χ1) is 9.47. The van der Waals surface area contributed by atoms with Crippen molar-refractivity contribution >= 4 is 44.8 Å². The Morgan fingerprint density at radius 2 is 1.90 bits per heavy atom. The third kappa shape index (κ3) is 3.62. The standard InChI is InChI=1S/C13H8BrCl2NO3/c14-9-2-1-8(11(15)5-9)7-20-13-4-3-10(17(18)19)6-12(13)16/h1-6H,7H2. The summed E-state index contributed by atoms with van der Waals surface area (Å²) in [7, 11) is 0. The van der Waals surface area contributed by atoms with E-state index < -0.39 is 4.92 Å². The lowest BCUT2D eigenvalue weighted by molar-refractivity contribution is -0.384. The molecule has 20 heavy (non-hydrogen) atoms. The predicted molar refractivity (Wildman–Crippen MR) is 81.6 cm³/mol. The van der Waals surface area contributed by atoms with E-state index in [0.29, 0.717) is 10.8 Å². The second-order valence-corrected chi connectivity index (χ2v) is 5.63. The van der Waals surface area contributed by atoms with Gasteiger partial charge in [0.2, 0.25) is 0 Å². The van der Waals surface area contributed by atoms with Crippen molar-refractivity contribution in [2.45, 2.75) is 6.61 Å². The molecule has 2 aromatic rings. The first-order valence-corrected chi connectivity index (χ1v) is 7.03. The highest BCUT2D eigenvalue weighted by atomic mass is 79.9. The summed E-state index contributed by atoms with van der Waals surface area (Å²) >= 11 is 15.3. The second kappa shape index (κ2) is 6.43. The van der Waals surface area contributed by atoms with E-state index in [1.54, 1.807) is 6.07 Å². The summed E-state index contributed by atoms with van der Waals surface area (Å²) in [4.78, 5) is 10.1. The molecule has 0 N–H and O–H groups in total. The first-order valence-electron chi connectivity index (χ1n) is 5.48. The summed E-state index contributed by atoms with van der Waals surface area (Å²) < 4.78 is 6.40. The summed E-state index contributed by atoms with van der Waals surface area (Å²) in [6.45, 7) is 0.226. The average Bonchev–Trinajstić information content (AvgIpc) is 2.38. The van der Waals surface area contributed by atoms with E-state index in [4.69, 9.17) is 27.9 Å². The molecule has 0 radical (unpaired) electrons. The number of ether oxygens (including phenoxy) is 1. The maximum absolute atomic E-state index is 10.6. The highest BCUT2D eigenvalue weighted by Crippen LogP contribution is 2.30. The molecule has 2 rings (SSSR count). The molecule has 0 aliphatic rings. The summed E-state index contributed by atoms with van der Waals surface area (Å²) in [5.41, 5.74) is 0.716. The Morgan fingerprint density at radius 3 is 2.50 bits per heavy atom. The minimum Gasteiger partial charge on any atom is -0.487 e. The second-order valence-electron chi connectivity index (χ2n) is 3.90. The van der Waals surface area contributed by atoms with Gasteiger partial charge in [-0.3, -0.25) is 10.1 Å². The molecule has 0 aromatic heterocycles. The SMILES string of the molecule is O=[N+]([O-])c1ccc(OCc2ccc(Br)cc2Cl)c(Cl)c1.